The third-order valence-electron chi connectivity index (χ3n) is 4.73. The zero-order chi connectivity index (χ0) is 23.2. The summed E-state index contributed by atoms with van der Waals surface area (Å²) in [6, 6.07) is 18.9. The molecule has 0 radical (unpaired) electrons. The number of nitrogens with zero attached hydrogens (tertiary/aromatic N) is 3. The monoisotopic (exact) mass is 442 g/mol. The summed E-state index contributed by atoms with van der Waals surface area (Å²) in [5.74, 6) is 2.09. The maximum Gasteiger partial charge on any atom is 0.228 e. The van der Waals surface area contributed by atoms with E-state index in [2.05, 4.69) is 30.9 Å². The molecule has 7 nitrogen and oxygen atoms in total. The first kappa shape index (κ1) is 21.9. The van der Waals surface area contributed by atoms with Gasteiger partial charge in [0.2, 0.25) is 5.91 Å². The van der Waals surface area contributed by atoms with E-state index >= 15 is 0 Å². The van der Waals surface area contributed by atoms with E-state index in [-0.39, 0.29) is 18.1 Å². The molecule has 0 bridgehead atoms. The molecule has 8 heteroatoms. The number of rotatable bonds is 7. The number of carbonyl (C=O) groups is 1. The quantitative estimate of drug-likeness (QED) is 0.360. The first-order valence-corrected chi connectivity index (χ1v) is 10.4. The standard InChI is InChI=1S/C25H23FN6O/c1-16-11-12-27-22(13-16)32-24-15-23(28-17(2)29-24)30-20-7-9-21(10-8-20)31-25(33)14-18-3-5-19(26)6-4-18/h3-13,15H,14H2,1-2H3,(H,31,33)(H2,27,28,29,30,32). The van der Waals surface area contributed by atoms with Crippen molar-refractivity contribution in [3.05, 3.63) is 95.7 Å². The van der Waals surface area contributed by atoms with Gasteiger partial charge in [0.15, 0.2) is 0 Å². The summed E-state index contributed by atoms with van der Waals surface area (Å²) in [7, 11) is 0. The highest BCUT2D eigenvalue weighted by molar-refractivity contribution is 5.92. The van der Waals surface area contributed by atoms with Crippen LogP contribution in [0.25, 0.3) is 0 Å². The van der Waals surface area contributed by atoms with E-state index in [1.165, 1.54) is 12.1 Å². The van der Waals surface area contributed by atoms with E-state index in [1.54, 1.807) is 36.5 Å². The van der Waals surface area contributed by atoms with Crippen molar-refractivity contribution in [2.75, 3.05) is 16.0 Å². The fourth-order valence-corrected chi connectivity index (χ4v) is 3.21. The van der Waals surface area contributed by atoms with Crippen LogP contribution in [0.4, 0.5) is 33.2 Å². The van der Waals surface area contributed by atoms with Gasteiger partial charge >= 0.3 is 0 Å². The fourth-order valence-electron chi connectivity index (χ4n) is 3.21. The molecule has 0 unspecified atom stereocenters. The average Bonchev–Trinajstić information content (AvgIpc) is 2.76. The third-order valence-corrected chi connectivity index (χ3v) is 4.73. The Balaban J connectivity index is 1.38. The second-order valence-electron chi connectivity index (χ2n) is 7.58. The second-order valence-corrected chi connectivity index (χ2v) is 7.58. The minimum Gasteiger partial charge on any atom is -0.340 e. The first-order valence-electron chi connectivity index (χ1n) is 10.4. The molecule has 0 aliphatic rings. The lowest BCUT2D eigenvalue weighted by Crippen LogP contribution is -2.14. The van der Waals surface area contributed by atoms with Crippen molar-refractivity contribution in [3.8, 4) is 0 Å². The Morgan fingerprint density at radius 1 is 0.818 bits per heavy atom. The first-order chi connectivity index (χ1) is 15.9. The van der Waals surface area contributed by atoms with Crippen molar-refractivity contribution < 1.29 is 9.18 Å². The number of amides is 1. The molecule has 2 heterocycles. The van der Waals surface area contributed by atoms with Gasteiger partial charge in [0, 0.05) is 23.6 Å². The molecule has 0 atom stereocenters. The summed E-state index contributed by atoms with van der Waals surface area (Å²) in [5, 5.41) is 9.29. The van der Waals surface area contributed by atoms with E-state index in [0.717, 1.165) is 16.8 Å². The Bertz CT molecular complexity index is 1260. The Hall–Kier alpha value is -4.33. The normalized spacial score (nSPS) is 10.5. The van der Waals surface area contributed by atoms with Gasteiger partial charge in [-0.15, -0.1) is 0 Å². The lowest BCUT2D eigenvalue weighted by atomic mass is 10.1. The van der Waals surface area contributed by atoms with E-state index in [0.29, 0.717) is 29.0 Å². The highest BCUT2D eigenvalue weighted by Crippen LogP contribution is 2.21. The van der Waals surface area contributed by atoms with Gasteiger partial charge in [-0.2, -0.15) is 0 Å². The molecule has 2 aromatic carbocycles. The summed E-state index contributed by atoms with van der Waals surface area (Å²) in [5.41, 5.74) is 3.32. The molecule has 0 fully saturated rings. The molecule has 4 rings (SSSR count). The summed E-state index contributed by atoms with van der Waals surface area (Å²) in [6.45, 7) is 3.82. The van der Waals surface area contributed by atoms with Crippen molar-refractivity contribution in [2.24, 2.45) is 0 Å². The molecule has 4 aromatic rings. The zero-order valence-electron chi connectivity index (χ0n) is 18.3. The van der Waals surface area contributed by atoms with Gasteiger partial charge in [0.05, 0.1) is 6.42 Å². The summed E-state index contributed by atoms with van der Waals surface area (Å²) < 4.78 is 13.0. The van der Waals surface area contributed by atoms with Crippen molar-refractivity contribution in [1.29, 1.82) is 0 Å². The third kappa shape index (κ3) is 6.33. The second kappa shape index (κ2) is 9.86. The smallest absolute Gasteiger partial charge is 0.228 e. The molecule has 0 aliphatic carbocycles. The Kier molecular flexibility index (Phi) is 6.54. The number of hydrogen-bond donors (Lipinski definition) is 3. The molecule has 33 heavy (non-hydrogen) atoms. The van der Waals surface area contributed by atoms with Gasteiger partial charge in [-0.05, 0) is 73.5 Å². The van der Waals surface area contributed by atoms with Crippen LogP contribution in [-0.4, -0.2) is 20.9 Å². The topological polar surface area (TPSA) is 91.8 Å². The van der Waals surface area contributed by atoms with Crippen LogP contribution in [0.15, 0.2) is 72.9 Å². The van der Waals surface area contributed by atoms with Crippen LogP contribution in [0, 0.1) is 19.7 Å². The molecule has 1 amide bonds. The number of benzene rings is 2. The summed E-state index contributed by atoms with van der Waals surface area (Å²) in [4.78, 5) is 25.4. The van der Waals surface area contributed by atoms with Crippen molar-refractivity contribution in [1.82, 2.24) is 15.0 Å². The maximum atomic E-state index is 13.0. The number of carbonyl (C=O) groups excluding carboxylic acids is 1. The zero-order valence-corrected chi connectivity index (χ0v) is 18.3. The van der Waals surface area contributed by atoms with Gasteiger partial charge in [0.1, 0.15) is 29.1 Å². The SMILES string of the molecule is Cc1ccnc(Nc2cc(Nc3ccc(NC(=O)Cc4ccc(F)cc4)cc3)nc(C)n2)c1. The lowest BCUT2D eigenvalue weighted by Gasteiger charge is -2.11. The number of aromatic nitrogens is 3. The van der Waals surface area contributed by atoms with Crippen LogP contribution in [0.1, 0.15) is 17.0 Å². The average molecular weight is 442 g/mol. The lowest BCUT2D eigenvalue weighted by molar-refractivity contribution is -0.115. The van der Waals surface area contributed by atoms with Gasteiger partial charge in [-0.3, -0.25) is 4.79 Å². The minimum absolute atomic E-state index is 0.172. The van der Waals surface area contributed by atoms with E-state index in [4.69, 9.17) is 0 Å². The molecule has 0 aliphatic heterocycles. The van der Waals surface area contributed by atoms with Crippen LogP contribution in [-0.2, 0) is 11.2 Å². The van der Waals surface area contributed by atoms with Crippen LogP contribution >= 0.6 is 0 Å². The largest absolute Gasteiger partial charge is 0.340 e. The number of hydrogen-bond acceptors (Lipinski definition) is 6. The summed E-state index contributed by atoms with van der Waals surface area (Å²) in [6.07, 6.45) is 1.91. The number of halogens is 1. The van der Waals surface area contributed by atoms with Crippen molar-refractivity contribution in [3.63, 3.8) is 0 Å². The Morgan fingerprint density at radius 3 is 2.18 bits per heavy atom. The molecular weight excluding hydrogens is 419 g/mol. The van der Waals surface area contributed by atoms with Crippen molar-refractivity contribution >= 4 is 34.7 Å². The molecule has 0 spiro atoms. The molecule has 2 aromatic heterocycles. The predicted molar refractivity (Wildman–Crippen MR) is 127 cm³/mol. The number of aryl methyl sites for hydroxylation is 2. The molecule has 0 saturated carbocycles. The predicted octanol–water partition coefficient (Wildman–Crippen LogP) is 5.30. The number of nitrogens with one attached hydrogen (secondary N) is 3. The summed E-state index contributed by atoms with van der Waals surface area (Å²) >= 11 is 0. The molecular formula is C25H23FN6O. The van der Waals surface area contributed by atoms with Crippen LogP contribution < -0.4 is 16.0 Å². The van der Waals surface area contributed by atoms with Crippen molar-refractivity contribution in [2.45, 2.75) is 20.3 Å². The van der Waals surface area contributed by atoms with E-state index in [1.807, 2.05) is 38.1 Å². The van der Waals surface area contributed by atoms with Gasteiger partial charge < -0.3 is 16.0 Å². The van der Waals surface area contributed by atoms with Crippen LogP contribution in [0.2, 0.25) is 0 Å². The number of pyridine rings is 1. The van der Waals surface area contributed by atoms with Gasteiger partial charge in [-0.1, -0.05) is 12.1 Å². The Labute approximate surface area is 191 Å². The number of anilines is 5. The molecule has 3 N–H and O–H groups in total. The highest BCUT2D eigenvalue weighted by Gasteiger charge is 2.07. The fraction of sp³-hybridized carbons (Fsp3) is 0.120. The van der Waals surface area contributed by atoms with Gasteiger partial charge in [-0.25, -0.2) is 19.3 Å². The maximum absolute atomic E-state index is 13.0. The van der Waals surface area contributed by atoms with Crippen LogP contribution in [0.3, 0.4) is 0 Å². The Morgan fingerprint density at radius 2 is 1.48 bits per heavy atom. The van der Waals surface area contributed by atoms with E-state index in [9.17, 15) is 9.18 Å². The van der Waals surface area contributed by atoms with E-state index < -0.39 is 0 Å². The minimum atomic E-state index is -0.323. The highest BCUT2D eigenvalue weighted by atomic mass is 19.1. The van der Waals surface area contributed by atoms with Gasteiger partial charge in [0.25, 0.3) is 0 Å². The molecule has 0 saturated heterocycles. The van der Waals surface area contributed by atoms with Crippen LogP contribution in [0.5, 0.6) is 0 Å². The molecule has 166 valence electrons.